The van der Waals surface area contributed by atoms with E-state index in [-0.39, 0.29) is 11.8 Å². The highest BCUT2D eigenvalue weighted by Gasteiger charge is 2.34. The number of nitrogens with zero attached hydrogens (tertiary/aromatic N) is 4. The van der Waals surface area contributed by atoms with Crippen molar-refractivity contribution in [1.82, 2.24) is 20.2 Å². The summed E-state index contributed by atoms with van der Waals surface area (Å²) in [5.41, 5.74) is 2.01. The molecule has 3 fully saturated rings. The highest BCUT2D eigenvalue weighted by atomic mass is 16.1. The summed E-state index contributed by atoms with van der Waals surface area (Å²) in [5.74, 6) is 1.85. The number of rotatable bonds is 4. The van der Waals surface area contributed by atoms with E-state index in [2.05, 4.69) is 25.1 Å². The van der Waals surface area contributed by atoms with Gasteiger partial charge in [0.2, 0.25) is 11.9 Å². The summed E-state index contributed by atoms with van der Waals surface area (Å²) in [6.45, 7) is 9.12. The van der Waals surface area contributed by atoms with E-state index in [1.807, 2.05) is 19.9 Å². The van der Waals surface area contributed by atoms with E-state index in [0.717, 1.165) is 49.8 Å². The van der Waals surface area contributed by atoms with Crippen LogP contribution in [0.4, 0.5) is 5.95 Å². The molecule has 3 aliphatic rings. The van der Waals surface area contributed by atoms with Gasteiger partial charge in [0.15, 0.2) is 0 Å². The van der Waals surface area contributed by atoms with Crippen molar-refractivity contribution >= 4 is 11.9 Å². The number of hydrogen-bond donors (Lipinski definition) is 1. The van der Waals surface area contributed by atoms with E-state index in [1.165, 1.54) is 45.2 Å². The third-order valence-corrected chi connectivity index (χ3v) is 6.89. The summed E-state index contributed by atoms with van der Waals surface area (Å²) in [7, 11) is 0. The second-order valence-corrected chi connectivity index (χ2v) is 8.96. The van der Waals surface area contributed by atoms with E-state index < -0.39 is 0 Å². The maximum atomic E-state index is 12.8. The number of hydrogen-bond acceptors (Lipinski definition) is 5. The molecule has 0 saturated carbocycles. The summed E-state index contributed by atoms with van der Waals surface area (Å²) in [6, 6.07) is 2.70. The first-order chi connectivity index (χ1) is 13.6. The van der Waals surface area contributed by atoms with Gasteiger partial charge in [0.05, 0.1) is 0 Å². The number of aromatic nitrogens is 2. The average molecular weight is 386 g/mol. The predicted molar refractivity (Wildman–Crippen MR) is 111 cm³/mol. The highest BCUT2D eigenvalue weighted by Crippen LogP contribution is 2.30. The summed E-state index contributed by atoms with van der Waals surface area (Å²) < 4.78 is 0. The normalized spacial score (nSPS) is 26.7. The Kier molecular flexibility index (Phi) is 6.14. The van der Waals surface area contributed by atoms with Gasteiger partial charge in [-0.05, 0) is 77.4 Å². The molecule has 0 spiro atoms. The van der Waals surface area contributed by atoms with Crippen molar-refractivity contribution in [3.05, 3.63) is 17.5 Å². The van der Waals surface area contributed by atoms with Crippen molar-refractivity contribution < 1.29 is 4.79 Å². The molecule has 0 bridgehead atoms. The fourth-order valence-electron chi connectivity index (χ4n) is 5.38. The molecule has 3 saturated heterocycles. The molecular formula is C22H35N5O. The minimum atomic E-state index is 0.133. The van der Waals surface area contributed by atoms with Crippen molar-refractivity contribution in [3.8, 4) is 0 Å². The zero-order valence-electron chi connectivity index (χ0n) is 17.5. The molecule has 1 N–H and O–H groups in total. The lowest BCUT2D eigenvalue weighted by Crippen LogP contribution is -2.51. The Balaban J connectivity index is 1.26. The van der Waals surface area contributed by atoms with Gasteiger partial charge >= 0.3 is 0 Å². The summed E-state index contributed by atoms with van der Waals surface area (Å²) in [4.78, 5) is 26.8. The van der Waals surface area contributed by atoms with E-state index in [9.17, 15) is 4.79 Å². The van der Waals surface area contributed by atoms with E-state index >= 15 is 0 Å². The van der Waals surface area contributed by atoms with Gasteiger partial charge in [0.1, 0.15) is 0 Å². The Bertz CT molecular complexity index is 663. The standard InChI is InChI=1S/C22H35N5O/c1-16-14-17(2)25-22(24-16)27-12-8-18(9-13-27)21(28)23-15-19-6-5-11-26-10-4-3-7-20(19)26/h14,18-20H,3-13,15H2,1-2H3,(H,23,28)/t19-,20-/m0/s1. The fraction of sp³-hybridized carbons (Fsp3) is 0.773. The van der Waals surface area contributed by atoms with Crippen molar-refractivity contribution in [2.45, 2.75) is 64.8 Å². The SMILES string of the molecule is Cc1cc(C)nc(N2CCC(C(=O)NC[C@@H]3CCCN4CCCC[C@@H]34)CC2)n1. The first-order valence-electron chi connectivity index (χ1n) is 11.2. The summed E-state index contributed by atoms with van der Waals surface area (Å²) in [6.07, 6.45) is 8.35. The predicted octanol–water partition coefficient (Wildman–Crippen LogP) is 2.69. The Hall–Kier alpha value is -1.69. The number of amides is 1. The van der Waals surface area contributed by atoms with Gasteiger partial charge in [-0.2, -0.15) is 0 Å². The molecule has 0 radical (unpaired) electrons. The van der Waals surface area contributed by atoms with Crippen LogP contribution in [-0.2, 0) is 4.79 Å². The van der Waals surface area contributed by atoms with Crippen molar-refractivity contribution in [2.75, 3.05) is 37.6 Å². The molecule has 1 aromatic heterocycles. The largest absolute Gasteiger partial charge is 0.356 e. The third kappa shape index (κ3) is 4.48. The van der Waals surface area contributed by atoms with Gasteiger partial charge in [-0.3, -0.25) is 4.79 Å². The highest BCUT2D eigenvalue weighted by molar-refractivity contribution is 5.78. The van der Waals surface area contributed by atoms with Crippen LogP contribution in [-0.4, -0.2) is 59.5 Å². The van der Waals surface area contributed by atoms with Crippen LogP contribution in [0.2, 0.25) is 0 Å². The van der Waals surface area contributed by atoms with Gasteiger partial charge in [-0.1, -0.05) is 6.42 Å². The lowest BCUT2D eigenvalue weighted by molar-refractivity contribution is -0.126. The van der Waals surface area contributed by atoms with Crippen LogP contribution in [0.5, 0.6) is 0 Å². The molecule has 4 rings (SSSR count). The maximum Gasteiger partial charge on any atom is 0.225 e. The second-order valence-electron chi connectivity index (χ2n) is 8.96. The molecule has 2 atom stereocenters. The van der Waals surface area contributed by atoms with Crippen LogP contribution < -0.4 is 10.2 Å². The number of fused-ring (bicyclic) bond motifs is 1. The molecular weight excluding hydrogens is 350 g/mol. The molecule has 6 nitrogen and oxygen atoms in total. The van der Waals surface area contributed by atoms with Crippen molar-refractivity contribution in [2.24, 2.45) is 11.8 Å². The molecule has 4 heterocycles. The smallest absolute Gasteiger partial charge is 0.225 e. The molecule has 6 heteroatoms. The number of piperidine rings is 3. The average Bonchev–Trinajstić information content (AvgIpc) is 2.71. The zero-order chi connectivity index (χ0) is 19.5. The summed E-state index contributed by atoms with van der Waals surface area (Å²) >= 11 is 0. The number of nitrogens with one attached hydrogen (secondary N) is 1. The van der Waals surface area contributed by atoms with Gasteiger partial charge in [-0.25, -0.2) is 9.97 Å². The Morgan fingerprint density at radius 3 is 2.46 bits per heavy atom. The van der Waals surface area contributed by atoms with E-state index in [4.69, 9.17) is 0 Å². The number of carbonyl (C=O) groups excluding carboxylic acids is 1. The molecule has 3 aliphatic heterocycles. The molecule has 28 heavy (non-hydrogen) atoms. The summed E-state index contributed by atoms with van der Waals surface area (Å²) in [5, 5.41) is 3.31. The number of aryl methyl sites for hydroxylation is 2. The molecule has 0 aliphatic carbocycles. The minimum absolute atomic E-state index is 0.133. The quantitative estimate of drug-likeness (QED) is 0.863. The first-order valence-corrected chi connectivity index (χ1v) is 11.2. The molecule has 0 aromatic carbocycles. The Labute approximate surface area is 169 Å². The molecule has 1 aromatic rings. The molecule has 154 valence electrons. The molecule has 0 unspecified atom stereocenters. The van der Waals surface area contributed by atoms with Gasteiger partial charge in [0.25, 0.3) is 0 Å². The van der Waals surface area contributed by atoms with Crippen LogP contribution in [0.25, 0.3) is 0 Å². The Morgan fingerprint density at radius 1 is 1.00 bits per heavy atom. The minimum Gasteiger partial charge on any atom is -0.356 e. The van der Waals surface area contributed by atoms with Crippen LogP contribution in [0.15, 0.2) is 6.07 Å². The molecule has 1 amide bonds. The maximum absolute atomic E-state index is 12.8. The second kappa shape index (κ2) is 8.76. The van der Waals surface area contributed by atoms with Crippen molar-refractivity contribution in [1.29, 1.82) is 0 Å². The van der Waals surface area contributed by atoms with Crippen LogP contribution in [0.3, 0.4) is 0 Å². The lowest BCUT2D eigenvalue weighted by Gasteiger charge is -2.44. The van der Waals surface area contributed by atoms with Crippen molar-refractivity contribution in [3.63, 3.8) is 0 Å². The Morgan fingerprint density at radius 2 is 1.71 bits per heavy atom. The first kappa shape index (κ1) is 19.6. The lowest BCUT2D eigenvalue weighted by atomic mass is 9.83. The monoisotopic (exact) mass is 385 g/mol. The van der Waals surface area contributed by atoms with Crippen LogP contribution >= 0.6 is 0 Å². The zero-order valence-corrected chi connectivity index (χ0v) is 17.5. The van der Waals surface area contributed by atoms with Gasteiger partial charge in [-0.15, -0.1) is 0 Å². The number of anilines is 1. The fourth-order valence-corrected chi connectivity index (χ4v) is 5.38. The van der Waals surface area contributed by atoms with Crippen LogP contribution in [0.1, 0.15) is 56.3 Å². The van der Waals surface area contributed by atoms with Gasteiger partial charge in [0, 0.05) is 43.0 Å². The topological polar surface area (TPSA) is 61.4 Å². The van der Waals surface area contributed by atoms with E-state index in [1.54, 1.807) is 0 Å². The third-order valence-electron chi connectivity index (χ3n) is 6.89. The van der Waals surface area contributed by atoms with Crippen LogP contribution in [0, 0.1) is 25.7 Å². The van der Waals surface area contributed by atoms with Gasteiger partial charge < -0.3 is 15.1 Å². The number of carbonyl (C=O) groups is 1. The van der Waals surface area contributed by atoms with E-state index in [0.29, 0.717) is 12.0 Å².